The van der Waals surface area contributed by atoms with Gasteiger partial charge in [-0.1, -0.05) is 0 Å². The molecular weight excluding hydrogens is 342 g/mol. The number of rotatable bonds is 6. The van der Waals surface area contributed by atoms with Gasteiger partial charge in [0, 0.05) is 41.5 Å². The summed E-state index contributed by atoms with van der Waals surface area (Å²) in [5, 5.41) is 5.87. The van der Waals surface area contributed by atoms with E-state index >= 15 is 0 Å². The Morgan fingerprint density at radius 1 is 1.29 bits per heavy atom. The second-order valence-electron chi connectivity index (χ2n) is 4.89. The quantitative estimate of drug-likeness (QED) is 0.731. The van der Waals surface area contributed by atoms with Crippen molar-refractivity contribution >= 4 is 29.0 Å². The molecule has 0 radical (unpaired) electrons. The standard InChI is InChI=1S/C16H15N5OS2/c1-23-10-14-21-13(9-24-14)8-20-16(22)12-6-18-15(19-7-12)11-3-2-4-17-5-11/h2-7,9H,8,10H2,1H3,(H,20,22). The summed E-state index contributed by atoms with van der Waals surface area (Å²) in [6.07, 6.45) is 8.45. The Hall–Kier alpha value is -2.32. The Morgan fingerprint density at radius 2 is 2.12 bits per heavy atom. The molecule has 0 aliphatic rings. The number of nitrogens with one attached hydrogen (secondary N) is 1. The third-order valence-electron chi connectivity index (χ3n) is 3.13. The second-order valence-corrected chi connectivity index (χ2v) is 6.69. The molecule has 1 N–H and O–H groups in total. The molecule has 3 rings (SSSR count). The summed E-state index contributed by atoms with van der Waals surface area (Å²) < 4.78 is 0. The highest BCUT2D eigenvalue weighted by atomic mass is 32.2. The molecule has 0 atom stereocenters. The minimum Gasteiger partial charge on any atom is -0.346 e. The van der Waals surface area contributed by atoms with E-state index in [-0.39, 0.29) is 5.91 Å². The fourth-order valence-electron chi connectivity index (χ4n) is 1.98. The molecule has 6 nitrogen and oxygen atoms in total. The van der Waals surface area contributed by atoms with Crippen LogP contribution in [0, 0.1) is 0 Å². The Balaban J connectivity index is 1.60. The van der Waals surface area contributed by atoms with E-state index in [9.17, 15) is 4.79 Å². The lowest BCUT2D eigenvalue weighted by Gasteiger charge is -2.04. The average molecular weight is 357 g/mol. The van der Waals surface area contributed by atoms with Crippen molar-refractivity contribution in [2.24, 2.45) is 0 Å². The van der Waals surface area contributed by atoms with E-state index in [0.717, 1.165) is 22.0 Å². The SMILES string of the molecule is CSCc1nc(CNC(=O)c2cnc(-c3cccnc3)nc2)cs1. The van der Waals surface area contributed by atoms with E-state index in [1.54, 1.807) is 35.5 Å². The van der Waals surface area contributed by atoms with Gasteiger partial charge >= 0.3 is 0 Å². The van der Waals surface area contributed by atoms with Crippen LogP contribution in [-0.4, -0.2) is 32.1 Å². The van der Waals surface area contributed by atoms with Crippen molar-refractivity contribution in [2.45, 2.75) is 12.3 Å². The maximum absolute atomic E-state index is 12.2. The molecule has 3 aromatic heterocycles. The number of thiazole rings is 1. The van der Waals surface area contributed by atoms with E-state index in [1.807, 2.05) is 23.8 Å². The highest BCUT2D eigenvalue weighted by Gasteiger charge is 2.09. The largest absolute Gasteiger partial charge is 0.346 e. The van der Waals surface area contributed by atoms with Crippen LogP contribution in [0.4, 0.5) is 0 Å². The molecule has 0 saturated carbocycles. The summed E-state index contributed by atoms with van der Waals surface area (Å²) in [4.78, 5) is 29.1. The Morgan fingerprint density at radius 3 is 2.83 bits per heavy atom. The number of carbonyl (C=O) groups excluding carboxylic acids is 1. The molecule has 8 heteroatoms. The monoisotopic (exact) mass is 357 g/mol. The van der Waals surface area contributed by atoms with Crippen LogP contribution >= 0.6 is 23.1 Å². The third-order valence-corrected chi connectivity index (χ3v) is 4.77. The van der Waals surface area contributed by atoms with Gasteiger partial charge in [-0.25, -0.2) is 15.0 Å². The summed E-state index contributed by atoms with van der Waals surface area (Å²) in [6, 6.07) is 3.69. The van der Waals surface area contributed by atoms with Crippen molar-refractivity contribution in [3.63, 3.8) is 0 Å². The summed E-state index contributed by atoms with van der Waals surface area (Å²) >= 11 is 3.34. The number of pyridine rings is 1. The molecule has 0 aliphatic carbocycles. The van der Waals surface area contributed by atoms with E-state index < -0.39 is 0 Å². The molecule has 0 saturated heterocycles. The average Bonchev–Trinajstić information content (AvgIpc) is 3.08. The zero-order valence-electron chi connectivity index (χ0n) is 13.0. The number of carbonyl (C=O) groups is 1. The van der Waals surface area contributed by atoms with Crippen LogP contribution in [0.2, 0.25) is 0 Å². The normalized spacial score (nSPS) is 10.5. The minimum atomic E-state index is -0.216. The van der Waals surface area contributed by atoms with Gasteiger partial charge in [-0.15, -0.1) is 11.3 Å². The van der Waals surface area contributed by atoms with Crippen LogP contribution in [-0.2, 0) is 12.3 Å². The first kappa shape index (κ1) is 16.5. The fourth-order valence-corrected chi connectivity index (χ4v) is 3.50. The van der Waals surface area contributed by atoms with Gasteiger partial charge in [0.2, 0.25) is 0 Å². The van der Waals surface area contributed by atoms with Gasteiger partial charge in [0.05, 0.1) is 17.8 Å². The van der Waals surface area contributed by atoms with Crippen molar-refractivity contribution in [2.75, 3.05) is 6.26 Å². The van der Waals surface area contributed by atoms with Crippen LogP contribution < -0.4 is 5.32 Å². The lowest BCUT2D eigenvalue weighted by Crippen LogP contribution is -2.23. The van der Waals surface area contributed by atoms with Gasteiger partial charge in [0.15, 0.2) is 5.82 Å². The first-order chi connectivity index (χ1) is 11.8. The summed E-state index contributed by atoms with van der Waals surface area (Å²) in [5.41, 5.74) is 2.10. The molecule has 3 heterocycles. The van der Waals surface area contributed by atoms with Gasteiger partial charge in [-0.2, -0.15) is 11.8 Å². The first-order valence-corrected chi connectivity index (χ1v) is 9.46. The molecule has 0 unspecified atom stereocenters. The predicted octanol–water partition coefficient (Wildman–Crippen LogP) is 2.79. The number of thioether (sulfide) groups is 1. The van der Waals surface area contributed by atoms with E-state index in [0.29, 0.717) is 17.9 Å². The van der Waals surface area contributed by atoms with E-state index in [1.165, 1.54) is 12.4 Å². The Labute approximate surface area is 147 Å². The molecule has 0 fully saturated rings. The lowest BCUT2D eigenvalue weighted by molar-refractivity contribution is 0.0949. The van der Waals surface area contributed by atoms with Crippen molar-refractivity contribution in [1.82, 2.24) is 25.3 Å². The number of nitrogens with zero attached hydrogens (tertiary/aromatic N) is 4. The van der Waals surface area contributed by atoms with E-state index in [4.69, 9.17) is 0 Å². The van der Waals surface area contributed by atoms with Crippen molar-refractivity contribution in [3.05, 3.63) is 58.6 Å². The molecule has 122 valence electrons. The summed E-state index contributed by atoms with van der Waals surface area (Å²) in [7, 11) is 0. The lowest BCUT2D eigenvalue weighted by atomic mass is 10.2. The van der Waals surface area contributed by atoms with Crippen LogP contribution in [0.5, 0.6) is 0 Å². The molecular formula is C16H15N5OS2. The first-order valence-electron chi connectivity index (χ1n) is 7.19. The fraction of sp³-hybridized carbons (Fsp3) is 0.188. The predicted molar refractivity (Wildman–Crippen MR) is 95.8 cm³/mol. The maximum atomic E-state index is 12.2. The molecule has 0 spiro atoms. The molecule has 0 bridgehead atoms. The number of amides is 1. The highest BCUT2D eigenvalue weighted by molar-refractivity contribution is 7.97. The van der Waals surface area contributed by atoms with Crippen LogP contribution in [0.15, 0.2) is 42.3 Å². The van der Waals surface area contributed by atoms with Gasteiger partial charge in [-0.3, -0.25) is 9.78 Å². The zero-order valence-corrected chi connectivity index (χ0v) is 14.6. The second kappa shape index (κ2) is 7.98. The van der Waals surface area contributed by atoms with Gasteiger partial charge in [0.1, 0.15) is 5.01 Å². The van der Waals surface area contributed by atoms with Gasteiger partial charge in [0.25, 0.3) is 5.91 Å². The van der Waals surface area contributed by atoms with E-state index in [2.05, 4.69) is 25.3 Å². The van der Waals surface area contributed by atoms with Crippen LogP contribution in [0.25, 0.3) is 11.4 Å². The summed E-state index contributed by atoms with van der Waals surface area (Å²) in [6.45, 7) is 0.397. The number of hydrogen-bond donors (Lipinski definition) is 1. The van der Waals surface area contributed by atoms with Crippen molar-refractivity contribution in [1.29, 1.82) is 0 Å². The molecule has 1 amide bonds. The van der Waals surface area contributed by atoms with Crippen LogP contribution in [0.3, 0.4) is 0 Å². The number of hydrogen-bond acceptors (Lipinski definition) is 7. The Bertz CT molecular complexity index is 805. The Kier molecular flexibility index (Phi) is 5.50. The number of aromatic nitrogens is 4. The molecule has 3 aromatic rings. The van der Waals surface area contributed by atoms with Crippen molar-refractivity contribution in [3.8, 4) is 11.4 Å². The van der Waals surface area contributed by atoms with Crippen molar-refractivity contribution < 1.29 is 4.79 Å². The topological polar surface area (TPSA) is 80.7 Å². The summed E-state index contributed by atoms with van der Waals surface area (Å²) in [5.74, 6) is 1.22. The third kappa shape index (κ3) is 4.15. The van der Waals surface area contributed by atoms with Gasteiger partial charge < -0.3 is 5.32 Å². The molecule has 0 aliphatic heterocycles. The zero-order chi connectivity index (χ0) is 16.8. The minimum absolute atomic E-state index is 0.216. The van der Waals surface area contributed by atoms with Gasteiger partial charge in [-0.05, 0) is 18.4 Å². The smallest absolute Gasteiger partial charge is 0.254 e. The van der Waals surface area contributed by atoms with Crippen LogP contribution in [0.1, 0.15) is 21.1 Å². The highest BCUT2D eigenvalue weighted by Crippen LogP contribution is 2.15. The molecule has 24 heavy (non-hydrogen) atoms. The molecule has 0 aromatic carbocycles. The maximum Gasteiger partial charge on any atom is 0.254 e.